The van der Waals surface area contributed by atoms with Crippen LogP contribution in [-0.4, -0.2) is 38.4 Å². The average molecular weight is 277 g/mol. The van der Waals surface area contributed by atoms with Crippen LogP contribution < -0.4 is 14.8 Å². The summed E-state index contributed by atoms with van der Waals surface area (Å²) >= 11 is 0. The lowest BCUT2D eigenvalue weighted by atomic mass is 10.1. The van der Waals surface area contributed by atoms with Gasteiger partial charge in [0.25, 0.3) is 5.91 Å². The highest BCUT2D eigenvalue weighted by Crippen LogP contribution is 2.30. The van der Waals surface area contributed by atoms with E-state index in [1.54, 1.807) is 18.2 Å². The number of carbonyl (C=O) groups is 1. The number of nitrogens with one attached hydrogen (secondary N) is 1. The second-order valence-electron chi connectivity index (χ2n) is 5.06. The number of hydrogen-bond acceptors (Lipinski definition) is 4. The summed E-state index contributed by atoms with van der Waals surface area (Å²) in [6, 6.07) is 5.30. The molecular formula is C15H19NO4. The summed E-state index contributed by atoms with van der Waals surface area (Å²) in [4.78, 5) is 12.1. The van der Waals surface area contributed by atoms with E-state index in [1.807, 2.05) is 0 Å². The Morgan fingerprint density at radius 3 is 2.80 bits per heavy atom. The van der Waals surface area contributed by atoms with E-state index in [-0.39, 0.29) is 12.0 Å². The molecule has 1 amide bonds. The minimum atomic E-state index is -0.101. The van der Waals surface area contributed by atoms with E-state index >= 15 is 0 Å². The van der Waals surface area contributed by atoms with Gasteiger partial charge in [-0.05, 0) is 31.0 Å². The van der Waals surface area contributed by atoms with Crippen LogP contribution in [0.4, 0.5) is 0 Å². The zero-order valence-corrected chi connectivity index (χ0v) is 11.4. The summed E-state index contributed by atoms with van der Waals surface area (Å²) in [7, 11) is 0. The van der Waals surface area contributed by atoms with E-state index < -0.39 is 0 Å². The van der Waals surface area contributed by atoms with Crippen LogP contribution in [0.25, 0.3) is 0 Å². The van der Waals surface area contributed by atoms with Crippen molar-refractivity contribution in [2.24, 2.45) is 0 Å². The van der Waals surface area contributed by atoms with Crippen LogP contribution in [0.5, 0.6) is 11.5 Å². The summed E-state index contributed by atoms with van der Waals surface area (Å²) < 4.78 is 16.6. The second-order valence-corrected chi connectivity index (χ2v) is 5.06. The Labute approximate surface area is 118 Å². The van der Waals surface area contributed by atoms with Gasteiger partial charge in [0.1, 0.15) is 0 Å². The second kappa shape index (κ2) is 6.13. The van der Waals surface area contributed by atoms with Crippen molar-refractivity contribution in [3.63, 3.8) is 0 Å². The van der Waals surface area contributed by atoms with Crippen LogP contribution in [0.3, 0.4) is 0 Å². The molecule has 0 aliphatic carbocycles. The maximum absolute atomic E-state index is 12.1. The highest BCUT2D eigenvalue weighted by Gasteiger charge is 2.18. The molecule has 0 saturated carbocycles. The molecule has 0 aromatic heterocycles. The maximum Gasteiger partial charge on any atom is 0.251 e. The Morgan fingerprint density at radius 1 is 1.15 bits per heavy atom. The van der Waals surface area contributed by atoms with Crippen molar-refractivity contribution in [2.45, 2.75) is 25.4 Å². The number of ether oxygens (including phenoxy) is 3. The van der Waals surface area contributed by atoms with Crippen LogP contribution in [0.1, 0.15) is 29.6 Å². The first kappa shape index (κ1) is 13.2. The molecule has 1 unspecified atom stereocenters. The maximum atomic E-state index is 12.1. The van der Waals surface area contributed by atoms with Gasteiger partial charge in [0.15, 0.2) is 11.5 Å². The van der Waals surface area contributed by atoms with Crippen molar-refractivity contribution in [1.82, 2.24) is 5.32 Å². The van der Waals surface area contributed by atoms with Crippen molar-refractivity contribution < 1.29 is 19.0 Å². The monoisotopic (exact) mass is 277 g/mol. The normalized spacial score (nSPS) is 21.3. The molecule has 0 spiro atoms. The van der Waals surface area contributed by atoms with Gasteiger partial charge in [-0.15, -0.1) is 0 Å². The van der Waals surface area contributed by atoms with Gasteiger partial charge in [-0.1, -0.05) is 0 Å². The summed E-state index contributed by atoms with van der Waals surface area (Å²) in [5.74, 6) is 1.25. The van der Waals surface area contributed by atoms with Crippen LogP contribution in [-0.2, 0) is 4.74 Å². The third kappa shape index (κ3) is 3.04. The predicted molar refractivity (Wildman–Crippen MR) is 73.4 cm³/mol. The minimum absolute atomic E-state index is 0.101. The zero-order chi connectivity index (χ0) is 13.8. The van der Waals surface area contributed by atoms with E-state index in [2.05, 4.69) is 5.32 Å². The fourth-order valence-electron chi connectivity index (χ4n) is 2.42. The lowest BCUT2D eigenvalue weighted by Crippen LogP contribution is -2.31. The molecule has 2 aliphatic rings. The molecular weight excluding hydrogens is 258 g/mol. The van der Waals surface area contributed by atoms with E-state index in [4.69, 9.17) is 14.2 Å². The Hall–Kier alpha value is -1.75. The highest BCUT2D eigenvalue weighted by atomic mass is 16.5. The Balaban J connectivity index is 1.63. The van der Waals surface area contributed by atoms with E-state index in [1.165, 1.54) is 0 Å². The Morgan fingerprint density at radius 2 is 2.00 bits per heavy atom. The SMILES string of the molecule is O=C(NCC1CCCO1)c1ccc2c(c1)OCCCO2. The largest absolute Gasteiger partial charge is 0.490 e. The number of carbonyl (C=O) groups excluding carboxylic acids is 1. The molecule has 2 heterocycles. The first-order chi connectivity index (χ1) is 9.83. The third-order valence-corrected chi connectivity index (χ3v) is 3.52. The van der Waals surface area contributed by atoms with Gasteiger partial charge in [-0.25, -0.2) is 0 Å². The summed E-state index contributed by atoms with van der Waals surface area (Å²) in [5, 5.41) is 2.90. The number of amides is 1. The van der Waals surface area contributed by atoms with Gasteiger partial charge in [0.05, 0.1) is 19.3 Å². The fourth-order valence-corrected chi connectivity index (χ4v) is 2.42. The van der Waals surface area contributed by atoms with Gasteiger partial charge < -0.3 is 19.5 Å². The molecule has 2 aliphatic heterocycles. The van der Waals surface area contributed by atoms with Gasteiger partial charge in [-0.2, -0.15) is 0 Å². The molecule has 1 atom stereocenters. The summed E-state index contributed by atoms with van der Waals surface area (Å²) in [5.41, 5.74) is 0.590. The van der Waals surface area contributed by atoms with Gasteiger partial charge in [-0.3, -0.25) is 4.79 Å². The summed E-state index contributed by atoms with van der Waals surface area (Å²) in [6.45, 7) is 2.63. The van der Waals surface area contributed by atoms with E-state index in [0.29, 0.717) is 36.8 Å². The summed E-state index contributed by atoms with van der Waals surface area (Å²) in [6.07, 6.45) is 3.10. The molecule has 5 heteroatoms. The van der Waals surface area contributed by atoms with Crippen molar-refractivity contribution >= 4 is 5.91 Å². The molecule has 20 heavy (non-hydrogen) atoms. The highest BCUT2D eigenvalue weighted by molar-refractivity contribution is 5.94. The zero-order valence-electron chi connectivity index (χ0n) is 11.4. The van der Waals surface area contributed by atoms with Gasteiger partial charge in [0, 0.05) is 25.1 Å². The molecule has 1 saturated heterocycles. The molecule has 1 aromatic carbocycles. The average Bonchev–Trinajstić information content (AvgIpc) is 2.88. The van der Waals surface area contributed by atoms with Crippen LogP contribution in [0.2, 0.25) is 0 Å². The molecule has 0 radical (unpaired) electrons. The first-order valence-electron chi connectivity index (χ1n) is 7.12. The molecule has 3 rings (SSSR count). The predicted octanol–water partition coefficient (Wildman–Crippen LogP) is 1.76. The van der Waals surface area contributed by atoms with Crippen LogP contribution in [0.15, 0.2) is 18.2 Å². The topological polar surface area (TPSA) is 56.8 Å². The van der Waals surface area contributed by atoms with E-state index in [9.17, 15) is 4.79 Å². The molecule has 1 aromatic rings. The lowest BCUT2D eigenvalue weighted by Gasteiger charge is -2.12. The molecule has 1 fully saturated rings. The van der Waals surface area contributed by atoms with Crippen molar-refractivity contribution in [1.29, 1.82) is 0 Å². The standard InChI is InChI=1S/C15H19NO4/c17-15(16-10-12-3-1-6-18-12)11-4-5-13-14(9-11)20-8-2-7-19-13/h4-5,9,12H,1-3,6-8,10H2,(H,16,17). The van der Waals surface area contributed by atoms with Crippen molar-refractivity contribution in [3.8, 4) is 11.5 Å². The quantitative estimate of drug-likeness (QED) is 0.914. The fraction of sp³-hybridized carbons (Fsp3) is 0.533. The smallest absolute Gasteiger partial charge is 0.251 e. The van der Waals surface area contributed by atoms with Crippen LogP contribution >= 0.6 is 0 Å². The Bertz CT molecular complexity index is 483. The number of benzene rings is 1. The van der Waals surface area contributed by atoms with Crippen molar-refractivity contribution in [2.75, 3.05) is 26.4 Å². The van der Waals surface area contributed by atoms with Crippen LogP contribution in [0, 0.1) is 0 Å². The lowest BCUT2D eigenvalue weighted by molar-refractivity contribution is 0.0857. The molecule has 5 nitrogen and oxygen atoms in total. The van der Waals surface area contributed by atoms with Gasteiger partial charge in [0.2, 0.25) is 0 Å². The van der Waals surface area contributed by atoms with Crippen molar-refractivity contribution in [3.05, 3.63) is 23.8 Å². The van der Waals surface area contributed by atoms with E-state index in [0.717, 1.165) is 25.9 Å². The number of rotatable bonds is 3. The first-order valence-corrected chi connectivity index (χ1v) is 7.12. The molecule has 1 N–H and O–H groups in total. The number of hydrogen-bond donors (Lipinski definition) is 1. The Kier molecular flexibility index (Phi) is 4.06. The molecule has 108 valence electrons. The number of fused-ring (bicyclic) bond motifs is 1. The molecule has 0 bridgehead atoms. The third-order valence-electron chi connectivity index (χ3n) is 3.52. The van der Waals surface area contributed by atoms with Gasteiger partial charge >= 0.3 is 0 Å². The minimum Gasteiger partial charge on any atom is -0.490 e.